The summed E-state index contributed by atoms with van der Waals surface area (Å²) >= 11 is 0. The van der Waals surface area contributed by atoms with E-state index in [0.717, 1.165) is 13.0 Å². The third-order valence-corrected chi connectivity index (χ3v) is 2.70. The molecule has 0 saturated carbocycles. The molecule has 13 heavy (non-hydrogen) atoms. The lowest BCUT2D eigenvalue weighted by atomic mass is 10.1. The lowest BCUT2D eigenvalue weighted by Crippen LogP contribution is -2.00. The number of hydrogen-bond donors (Lipinski definition) is 0. The molecule has 0 amide bonds. The van der Waals surface area contributed by atoms with Crippen molar-refractivity contribution in [3.05, 3.63) is 17.5 Å². The SMILES string of the molecule is CCC(=O)c1cc2n(n1)CC[C@@H]2C. The average Bonchev–Trinajstić information content (AvgIpc) is 2.67. The summed E-state index contributed by atoms with van der Waals surface area (Å²) in [5.74, 6) is 0.708. The molecule has 2 heterocycles. The minimum Gasteiger partial charge on any atom is -0.292 e. The Morgan fingerprint density at radius 3 is 3.15 bits per heavy atom. The number of Topliss-reactive ketones (excluding diaryl/α,β-unsaturated/α-hetero) is 1. The second kappa shape index (κ2) is 2.98. The number of aromatic nitrogens is 2. The van der Waals surface area contributed by atoms with Gasteiger partial charge in [-0.3, -0.25) is 9.48 Å². The molecule has 0 spiro atoms. The topological polar surface area (TPSA) is 34.9 Å². The molecular weight excluding hydrogens is 164 g/mol. The van der Waals surface area contributed by atoms with Crippen LogP contribution in [0.15, 0.2) is 6.07 Å². The lowest BCUT2D eigenvalue weighted by molar-refractivity contribution is 0.0982. The molecule has 1 aromatic rings. The summed E-state index contributed by atoms with van der Waals surface area (Å²) < 4.78 is 1.97. The van der Waals surface area contributed by atoms with Crippen LogP contribution in [0.25, 0.3) is 0 Å². The van der Waals surface area contributed by atoms with Gasteiger partial charge in [-0.25, -0.2) is 0 Å². The van der Waals surface area contributed by atoms with Crippen molar-refractivity contribution in [1.82, 2.24) is 9.78 Å². The van der Waals surface area contributed by atoms with Gasteiger partial charge >= 0.3 is 0 Å². The molecule has 3 heteroatoms. The monoisotopic (exact) mass is 178 g/mol. The Labute approximate surface area is 77.7 Å². The van der Waals surface area contributed by atoms with Gasteiger partial charge in [0.15, 0.2) is 5.78 Å². The third-order valence-electron chi connectivity index (χ3n) is 2.70. The third kappa shape index (κ3) is 1.28. The van der Waals surface area contributed by atoms with Crippen molar-refractivity contribution >= 4 is 5.78 Å². The molecule has 3 nitrogen and oxygen atoms in total. The molecule has 0 aromatic carbocycles. The van der Waals surface area contributed by atoms with Gasteiger partial charge < -0.3 is 0 Å². The van der Waals surface area contributed by atoms with Crippen molar-refractivity contribution in [2.24, 2.45) is 0 Å². The Balaban J connectivity index is 2.34. The van der Waals surface area contributed by atoms with Crippen molar-refractivity contribution in [3.63, 3.8) is 0 Å². The molecule has 2 rings (SSSR count). The summed E-state index contributed by atoms with van der Waals surface area (Å²) in [5, 5.41) is 4.28. The fraction of sp³-hybridized carbons (Fsp3) is 0.600. The largest absolute Gasteiger partial charge is 0.292 e. The number of hydrogen-bond acceptors (Lipinski definition) is 2. The normalized spacial score (nSPS) is 20.3. The van der Waals surface area contributed by atoms with Crippen molar-refractivity contribution in [2.75, 3.05) is 0 Å². The van der Waals surface area contributed by atoms with Crippen LogP contribution in [-0.4, -0.2) is 15.6 Å². The lowest BCUT2D eigenvalue weighted by Gasteiger charge is -1.95. The van der Waals surface area contributed by atoms with E-state index in [1.807, 2.05) is 17.7 Å². The maximum atomic E-state index is 11.3. The predicted octanol–water partition coefficient (Wildman–Crippen LogP) is 1.98. The van der Waals surface area contributed by atoms with Gasteiger partial charge in [-0.05, 0) is 18.4 Å². The first kappa shape index (κ1) is 8.48. The van der Waals surface area contributed by atoms with E-state index < -0.39 is 0 Å². The zero-order chi connectivity index (χ0) is 9.42. The quantitative estimate of drug-likeness (QED) is 0.649. The number of aryl methyl sites for hydroxylation is 1. The van der Waals surface area contributed by atoms with Gasteiger partial charge in [0.1, 0.15) is 5.69 Å². The Hall–Kier alpha value is -1.12. The summed E-state index contributed by atoms with van der Waals surface area (Å²) in [7, 11) is 0. The van der Waals surface area contributed by atoms with Crippen LogP contribution in [0.1, 0.15) is 48.8 Å². The number of ketones is 1. The van der Waals surface area contributed by atoms with Crippen LogP contribution in [-0.2, 0) is 6.54 Å². The van der Waals surface area contributed by atoms with Crippen LogP contribution in [0.2, 0.25) is 0 Å². The predicted molar refractivity (Wildman–Crippen MR) is 49.9 cm³/mol. The minimum absolute atomic E-state index is 0.147. The second-order valence-corrected chi connectivity index (χ2v) is 3.64. The van der Waals surface area contributed by atoms with Crippen LogP contribution in [0.3, 0.4) is 0 Å². The molecule has 0 saturated heterocycles. The summed E-state index contributed by atoms with van der Waals surface area (Å²) in [6.45, 7) is 5.02. The highest BCUT2D eigenvalue weighted by Crippen LogP contribution is 2.27. The van der Waals surface area contributed by atoms with Crippen molar-refractivity contribution in [2.45, 2.75) is 39.2 Å². The zero-order valence-electron chi connectivity index (χ0n) is 8.08. The molecule has 1 aromatic heterocycles. The Morgan fingerprint density at radius 1 is 1.77 bits per heavy atom. The number of carbonyl (C=O) groups excluding carboxylic acids is 1. The zero-order valence-corrected chi connectivity index (χ0v) is 8.08. The van der Waals surface area contributed by atoms with Crippen LogP contribution in [0, 0.1) is 0 Å². The van der Waals surface area contributed by atoms with E-state index in [4.69, 9.17) is 0 Å². The first-order valence-corrected chi connectivity index (χ1v) is 4.83. The van der Waals surface area contributed by atoms with Gasteiger partial charge in [-0.15, -0.1) is 0 Å². The van der Waals surface area contributed by atoms with Crippen LogP contribution < -0.4 is 0 Å². The van der Waals surface area contributed by atoms with E-state index >= 15 is 0 Å². The van der Waals surface area contributed by atoms with E-state index in [1.54, 1.807) is 0 Å². The van der Waals surface area contributed by atoms with Crippen molar-refractivity contribution < 1.29 is 4.79 Å². The highest BCUT2D eigenvalue weighted by Gasteiger charge is 2.22. The van der Waals surface area contributed by atoms with Gasteiger partial charge in [-0.1, -0.05) is 13.8 Å². The van der Waals surface area contributed by atoms with Gasteiger partial charge in [0.25, 0.3) is 0 Å². The van der Waals surface area contributed by atoms with E-state index in [-0.39, 0.29) is 5.78 Å². The summed E-state index contributed by atoms with van der Waals surface area (Å²) in [4.78, 5) is 11.3. The maximum Gasteiger partial charge on any atom is 0.182 e. The molecule has 0 unspecified atom stereocenters. The highest BCUT2D eigenvalue weighted by molar-refractivity contribution is 5.94. The molecule has 0 radical (unpaired) electrons. The fourth-order valence-corrected chi connectivity index (χ4v) is 1.79. The molecule has 1 atom stereocenters. The van der Waals surface area contributed by atoms with E-state index in [0.29, 0.717) is 18.0 Å². The smallest absolute Gasteiger partial charge is 0.182 e. The molecule has 1 aliphatic rings. The molecule has 1 aliphatic heterocycles. The van der Waals surface area contributed by atoms with Gasteiger partial charge in [0.2, 0.25) is 0 Å². The number of rotatable bonds is 2. The number of fused-ring (bicyclic) bond motifs is 1. The van der Waals surface area contributed by atoms with Gasteiger partial charge in [0, 0.05) is 18.7 Å². The second-order valence-electron chi connectivity index (χ2n) is 3.64. The fourth-order valence-electron chi connectivity index (χ4n) is 1.79. The van der Waals surface area contributed by atoms with Crippen molar-refractivity contribution in [3.8, 4) is 0 Å². The molecule has 0 aliphatic carbocycles. The van der Waals surface area contributed by atoms with Gasteiger partial charge in [-0.2, -0.15) is 5.10 Å². The van der Waals surface area contributed by atoms with Crippen LogP contribution >= 0.6 is 0 Å². The summed E-state index contributed by atoms with van der Waals surface area (Å²) in [6, 6.07) is 1.95. The highest BCUT2D eigenvalue weighted by atomic mass is 16.1. The Morgan fingerprint density at radius 2 is 2.54 bits per heavy atom. The Bertz CT molecular complexity index is 341. The first-order chi connectivity index (χ1) is 6.22. The summed E-state index contributed by atoms with van der Waals surface area (Å²) in [5.41, 5.74) is 1.86. The molecule has 0 fully saturated rings. The Kier molecular flexibility index (Phi) is 1.94. The standard InChI is InChI=1S/C10H14N2O/c1-3-10(13)8-6-9-7(2)4-5-12(9)11-8/h6-7H,3-5H2,1-2H3/t7-/m0/s1. The molecule has 0 bridgehead atoms. The average molecular weight is 178 g/mol. The molecular formula is C10H14N2O. The first-order valence-electron chi connectivity index (χ1n) is 4.83. The minimum atomic E-state index is 0.147. The van der Waals surface area contributed by atoms with Crippen LogP contribution in [0.4, 0.5) is 0 Å². The van der Waals surface area contributed by atoms with Gasteiger partial charge in [0.05, 0.1) is 0 Å². The molecule has 70 valence electrons. The number of carbonyl (C=O) groups is 1. The molecule has 0 N–H and O–H groups in total. The maximum absolute atomic E-state index is 11.3. The van der Waals surface area contributed by atoms with E-state index in [2.05, 4.69) is 12.0 Å². The van der Waals surface area contributed by atoms with E-state index in [1.165, 1.54) is 5.69 Å². The van der Waals surface area contributed by atoms with E-state index in [9.17, 15) is 4.79 Å². The number of nitrogens with zero attached hydrogens (tertiary/aromatic N) is 2. The van der Waals surface area contributed by atoms with Crippen molar-refractivity contribution in [1.29, 1.82) is 0 Å². The van der Waals surface area contributed by atoms with Crippen LogP contribution in [0.5, 0.6) is 0 Å². The summed E-state index contributed by atoms with van der Waals surface area (Å²) in [6.07, 6.45) is 1.70.